The van der Waals surface area contributed by atoms with Crippen molar-refractivity contribution in [3.8, 4) is 11.8 Å². The summed E-state index contributed by atoms with van der Waals surface area (Å²) >= 11 is 12.2. The molecule has 6 heteroatoms. The van der Waals surface area contributed by atoms with E-state index in [9.17, 15) is 0 Å². The molecule has 0 saturated heterocycles. The maximum absolute atomic E-state index is 9.09. The van der Waals surface area contributed by atoms with Crippen molar-refractivity contribution < 1.29 is 4.74 Å². The normalized spacial score (nSPS) is 10.3. The van der Waals surface area contributed by atoms with E-state index in [1.165, 1.54) is 0 Å². The lowest BCUT2D eigenvalue weighted by molar-refractivity contribution is 0.294. The van der Waals surface area contributed by atoms with Crippen molar-refractivity contribution in [2.75, 3.05) is 0 Å². The number of aromatic nitrogens is 2. The number of halogens is 2. The van der Waals surface area contributed by atoms with E-state index in [0.29, 0.717) is 21.4 Å². The summed E-state index contributed by atoms with van der Waals surface area (Å²) < 4.78 is 7.35. The smallest absolute Gasteiger partial charge is 0.139 e. The minimum atomic E-state index is 0.233. The molecule has 0 aliphatic heterocycles. The van der Waals surface area contributed by atoms with E-state index in [1.807, 2.05) is 20.0 Å². The molecule has 4 nitrogen and oxygen atoms in total. The minimum absolute atomic E-state index is 0.233. The first-order valence-corrected chi connectivity index (χ1v) is 6.85. The predicted molar refractivity (Wildman–Crippen MR) is 78.1 cm³/mol. The van der Waals surface area contributed by atoms with E-state index in [1.54, 1.807) is 22.9 Å². The SMILES string of the molecule is CCc1nn(C)c(COc2cccc(Cl)c2C#N)c1Cl. The third-order valence-electron chi connectivity index (χ3n) is 2.95. The van der Waals surface area contributed by atoms with Crippen molar-refractivity contribution in [3.63, 3.8) is 0 Å². The summed E-state index contributed by atoms with van der Waals surface area (Å²) in [5.41, 5.74) is 1.93. The zero-order valence-corrected chi connectivity index (χ0v) is 12.7. The highest BCUT2D eigenvalue weighted by Gasteiger charge is 2.15. The van der Waals surface area contributed by atoms with Crippen LogP contribution in [-0.2, 0) is 20.1 Å². The summed E-state index contributed by atoms with van der Waals surface area (Å²) in [6, 6.07) is 7.13. The number of benzene rings is 1. The molecule has 0 amide bonds. The lowest BCUT2D eigenvalue weighted by Crippen LogP contribution is -2.04. The van der Waals surface area contributed by atoms with E-state index < -0.39 is 0 Å². The van der Waals surface area contributed by atoms with Gasteiger partial charge in [0.2, 0.25) is 0 Å². The van der Waals surface area contributed by atoms with E-state index in [-0.39, 0.29) is 6.61 Å². The zero-order valence-electron chi connectivity index (χ0n) is 11.2. The van der Waals surface area contributed by atoms with Crippen LogP contribution in [-0.4, -0.2) is 9.78 Å². The maximum Gasteiger partial charge on any atom is 0.139 e. The molecule has 0 fully saturated rings. The molecular formula is C14H13Cl2N3O. The summed E-state index contributed by atoms with van der Waals surface area (Å²) in [7, 11) is 1.81. The molecule has 0 N–H and O–H groups in total. The van der Waals surface area contributed by atoms with Gasteiger partial charge in [0, 0.05) is 7.05 Å². The van der Waals surface area contributed by atoms with Crippen LogP contribution in [0, 0.1) is 11.3 Å². The summed E-state index contributed by atoms with van der Waals surface area (Å²) in [4.78, 5) is 0. The molecule has 0 radical (unpaired) electrons. The first-order chi connectivity index (χ1) is 9.58. The average molecular weight is 310 g/mol. The number of nitrogens with zero attached hydrogens (tertiary/aromatic N) is 3. The average Bonchev–Trinajstić information content (AvgIpc) is 2.71. The van der Waals surface area contributed by atoms with Crippen LogP contribution in [0.1, 0.15) is 23.9 Å². The number of aryl methyl sites for hydroxylation is 2. The highest BCUT2D eigenvalue weighted by atomic mass is 35.5. The topological polar surface area (TPSA) is 50.8 Å². The molecule has 104 valence electrons. The highest BCUT2D eigenvalue weighted by molar-refractivity contribution is 6.32. The van der Waals surface area contributed by atoms with Gasteiger partial charge in [-0.15, -0.1) is 0 Å². The molecule has 0 bridgehead atoms. The Balaban J connectivity index is 2.24. The van der Waals surface area contributed by atoms with Gasteiger partial charge in [-0.05, 0) is 18.6 Å². The summed E-state index contributed by atoms with van der Waals surface area (Å²) in [6.07, 6.45) is 0.757. The van der Waals surface area contributed by atoms with Gasteiger partial charge in [-0.3, -0.25) is 4.68 Å². The molecule has 0 aliphatic rings. The standard InChI is InChI=1S/C14H13Cl2N3O/c1-3-11-14(16)12(19(2)18-11)8-20-13-6-4-5-10(15)9(13)7-17/h4-6H,3,8H2,1-2H3. The largest absolute Gasteiger partial charge is 0.486 e. The lowest BCUT2D eigenvalue weighted by atomic mass is 10.2. The Bertz CT molecular complexity index is 674. The Kier molecular flexibility index (Phi) is 4.53. The Labute approximate surface area is 127 Å². The Hall–Kier alpha value is -1.70. The summed E-state index contributed by atoms with van der Waals surface area (Å²) in [6.45, 7) is 2.22. The fraction of sp³-hybridized carbons (Fsp3) is 0.286. The van der Waals surface area contributed by atoms with Gasteiger partial charge < -0.3 is 4.74 Å². The summed E-state index contributed by atoms with van der Waals surface area (Å²) in [5, 5.41) is 14.4. The number of hydrogen-bond acceptors (Lipinski definition) is 3. The molecule has 0 spiro atoms. The van der Waals surface area contributed by atoms with E-state index >= 15 is 0 Å². The van der Waals surface area contributed by atoms with Crippen molar-refractivity contribution in [2.45, 2.75) is 20.0 Å². The van der Waals surface area contributed by atoms with Crippen molar-refractivity contribution in [1.82, 2.24) is 9.78 Å². The Morgan fingerprint density at radius 1 is 1.40 bits per heavy atom. The summed E-state index contributed by atoms with van der Waals surface area (Å²) in [5.74, 6) is 0.440. The molecular weight excluding hydrogens is 297 g/mol. The quantitative estimate of drug-likeness (QED) is 0.864. The Morgan fingerprint density at radius 3 is 2.75 bits per heavy atom. The molecule has 1 aromatic carbocycles. The third-order valence-corrected chi connectivity index (χ3v) is 3.71. The minimum Gasteiger partial charge on any atom is -0.486 e. The van der Waals surface area contributed by atoms with Crippen molar-refractivity contribution in [3.05, 3.63) is 45.2 Å². The first kappa shape index (κ1) is 14.7. The fourth-order valence-corrected chi connectivity index (χ4v) is 2.41. The van der Waals surface area contributed by atoms with Crippen molar-refractivity contribution >= 4 is 23.2 Å². The molecule has 2 rings (SSSR count). The van der Waals surface area contributed by atoms with E-state index in [2.05, 4.69) is 5.10 Å². The van der Waals surface area contributed by atoms with Gasteiger partial charge in [-0.2, -0.15) is 10.4 Å². The number of hydrogen-bond donors (Lipinski definition) is 0. The van der Waals surface area contributed by atoms with Gasteiger partial charge in [-0.25, -0.2) is 0 Å². The zero-order chi connectivity index (χ0) is 14.7. The number of nitriles is 1. The van der Waals surface area contributed by atoms with Gasteiger partial charge in [0.1, 0.15) is 24.0 Å². The third kappa shape index (κ3) is 2.74. The first-order valence-electron chi connectivity index (χ1n) is 6.10. The Morgan fingerprint density at radius 2 is 2.15 bits per heavy atom. The van der Waals surface area contributed by atoms with E-state index in [4.69, 9.17) is 33.2 Å². The van der Waals surface area contributed by atoms with Crippen LogP contribution in [0.3, 0.4) is 0 Å². The van der Waals surface area contributed by atoms with Crippen LogP contribution in [0.5, 0.6) is 5.75 Å². The second kappa shape index (κ2) is 6.17. The maximum atomic E-state index is 9.09. The van der Waals surface area contributed by atoms with Gasteiger partial charge in [0.15, 0.2) is 0 Å². The molecule has 2 aromatic rings. The number of rotatable bonds is 4. The molecule has 0 saturated carbocycles. The second-order valence-corrected chi connectivity index (χ2v) is 4.98. The highest BCUT2D eigenvalue weighted by Crippen LogP contribution is 2.27. The van der Waals surface area contributed by atoms with Crippen LogP contribution < -0.4 is 4.74 Å². The second-order valence-electron chi connectivity index (χ2n) is 4.20. The van der Waals surface area contributed by atoms with Crippen LogP contribution in [0.4, 0.5) is 0 Å². The van der Waals surface area contributed by atoms with Crippen LogP contribution in [0.15, 0.2) is 18.2 Å². The van der Waals surface area contributed by atoms with Gasteiger partial charge in [0.05, 0.1) is 21.4 Å². The molecule has 1 aromatic heterocycles. The van der Waals surface area contributed by atoms with Crippen LogP contribution in [0.2, 0.25) is 10.0 Å². The van der Waals surface area contributed by atoms with E-state index in [0.717, 1.165) is 17.8 Å². The van der Waals surface area contributed by atoms with Crippen molar-refractivity contribution in [2.24, 2.45) is 7.05 Å². The van der Waals surface area contributed by atoms with Crippen molar-refractivity contribution in [1.29, 1.82) is 5.26 Å². The monoisotopic (exact) mass is 309 g/mol. The lowest BCUT2D eigenvalue weighted by Gasteiger charge is -2.09. The molecule has 0 unspecified atom stereocenters. The molecule has 0 aliphatic carbocycles. The number of ether oxygens (including phenoxy) is 1. The molecule has 0 atom stereocenters. The predicted octanol–water partition coefficient (Wildman–Crippen LogP) is 3.74. The fourth-order valence-electron chi connectivity index (χ4n) is 1.86. The van der Waals surface area contributed by atoms with Crippen LogP contribution in [0.25, 0.3) is 0 Å². The molecule has 20 heavy (non-hydrogen) atoms. The van der Waals surface area contributed by atoms with Gasteiger partial charge in [0.25, 0.3) is 0 Å². The van der Waals surface area contributed by atoms with Gasteiger partial charge in [-0.1, -0.05) is 36.2 Å². The van der Waals surface area contributed by atoms with Gasteiger partial charge >= 0.3 is 0 Å². The van der Waals surface area contributed by atoms with Crippen LogP contribution >= 0.6 is 23.2 Å². The molecule has 1 heterocycles.